The van der Waals surface area contributed by atoms with Gasteiger partial charge in [0, 0.05) is 35.8 Å². The van der Waals surface area contributed by atoms with Gasteiger partial charge in [-0.15, -0.1) is 11.3 Å². The van der Waals surface area contributed by atoms with E-state index >= 15 is 0 Å². The molecule has 3 rings (SSSR count). The number of anilines is 1. The van der Waals surface area contributed by atoms with E-state index in [9.17, 15) is 17.4 Å². The predicted octanol–water partition coefficient (Wildman–Crippen LogP) is 4.53. The normalized spacial score (nSPS) is 15.6. The van der Waals surface area contributed by atoms with Crippen LogP contribution in [0.4, 0.5) is 19.1 Å². The molecule has 5 nitrogen and oxygen atoms in total. The maximum Gasteiger partial charge on any atom is 0.420 e. The third kappa shape index (κ3) is 7.48. The largest absolute Gasteiger partial charge is 0.420 e. The Morgan fingerprint density at radius 1 is 1.36 bits per heavy atom. The lowest BCUT2D eigenvalue weighted by atomic mass is 10.1. The lowest BCUT2D eigenvalue weighted by molar-refractivity contribution is -0.137. The second-order valence-corrected chi connectivity index (χ2v) is 8.91. The van der Waals surface area contributed by atoms with Crippen molar-refractivity contribution in [3.8, 4) is 10.6 Å². The molecule has 1 aliphatic rings. The Hall–Kier alpha value is -1.52. The zero-order valence-corrected chi connectivity index (χ0v) is 18.3. The van der Waals surface area contributed by atoms with Crippen molar-refractivity contribution in [2.75, 3.05) is 32.1 Å². The standard InChI is InChI=1S/C10H8F3N3OS2.C5H11N.C3H8/c1-19(17)5-2-7(18-4-5)8-6(10(11,12)13)3-15-9(14)16-8;1-5-3-6(2)4-5;1-3-2/h2-4H,1H3,(H2,14,15,16);5H,3-4H2,1-2H3;3H2,1-2H3. The van der Waals surface area contributed by atoms with Gasteiger partial charge in [-0.3, -0.25) is 4.21 Å². The first-order valence-electron chi connectivity index (χ1n) is 8.80. The Kier molecular flexibility index (Phi) is 9.52. The fourth-order valence-electron chi connectivity index (χ4n) is 2.40. The molecule has 158 valence electrons. The number of thiophene rings is 1. The van der Waals surface area contributed by atoms with Crippen molar-refractivity contribution in [2.45, 2.75) is 38.3 Å². The number of nitrogens with two attached hydrogens (primary N) is 1. The quantitative estimate of drug-likeness (QED) is 0.749. The third-order valence-electron chi connectivity index (χ3n) is 3.50. The molecule has 0 spiro atoms. The van der Waals surface area contributed by atoms with Crippen molar-refractivity contribution in [1.82, 2.24) is 14.9 Å². The van der Waals surface area contributed by atoms with Crippen LogP contribution in [0.3, 0.4) is 0 Å². The molecule has 1 saturated heterocycles. The molecule has 1 aliphatic heterocycles. The minimum Gasteiger partial charge on any atom is -0.368 e. The Morgan fingerprint density at radius 2 is 1.93 bits per heavy atom. The summed E-state index contributed by atoms with van der Waals surface area (Å²) in [6, 6.07) is 1.41. The van der Waals surface area contributed by atoms with Gasteiger partial charge in [-0.1, -0.05) is 27.2 Å². The van der Waals surface area contributed by atoms with Crippen LogP contribution in [0.25, 0.3) is 10.6 Å². The first-order valence-corrected chi connectivity index (χ1v) is 11.2. The number of halogens is 3. The van der Waals surface area contributed by atoms with E-state index in [1.54, 1.807) is 0 Å². The smallest absolute Gasteiger partial charge is 0.368 e. The number of hydrogen-bond acceptors (Lipinski definition) is 6. The van der Waals surface area contributed by atoms with Gasteiger partial charge in [0.25, 0.3) is 0 Å². The second kappa shape index (κ2) is 10.9. The van der Waals surface area contributed by atoms with E-state index in [-0.39, 0.29) is 16.5 Å². The van der Waals surface area contributed by atoms with Crippen molar-refractivity contribution >= 4 is 28.1 Å². The summed E-state index contributed by atoms with van der Waals surface area (Å²) in [4.78, 5) is 10.0. The van der Waals surface area contributed by atoms with Crippen molar-refractivity contribution < 1.29 is 17.4 Å². The molecular formula is C18H27F3N4OS2. The summed E-state index contributed by atoms with van der Waals surface area (Å²) in [6.07, 6.45) is -1.22. The Morgan fingerprint density at radius 3 is 2.29 bits per heavy atom. The number of aromatic nitrogens is 2. The van der Waals surface area contributed by atoms with Crippen molar-refractivity contribution in [3.63, 3.8) is 0 Å². The second-order valence-electron chi connectivity index (χ2n) is 6.62. The van der Waals surface area contributed by atoms with Crippen molar-refractivity contribution in [3.05, 3.63) is 23.2 Å². The summed E-state index contributed by atoms with van der Waals surface area (Å²) in [7, 11) is 0.892. The van der Waals surface area contributed by atoms with E-state index in [2.05, 4.69) is 42.7 Å². The number of nitrogen functional groups attached to an aromatic ring is 1. The van der Waals surface area contributed by atoms with Crippen LogP contribution in [0, 0.1) is 5.92 Å². The van der Waals surface area contributed by atoms with E-state index in [1.165, 1.54) is 37.2 Å². The first kappa shape index (κ1) is 24.5. The Labute approximate surface area is 170 Å². The molecule has 28 heavy (non-hydrogen) atoms. The van der Waals surface area contributed by atoms with Gasteiger partial charge in [0.1, 0.15) is 5.56 Å². The summed E-state index contributed by atoms with van der Waals surface area (Å²) in [6.45, 7) is 9.14. The maximum absolute atomic E-state index is 12.9. The van der Waals surface area contributed by atoms with Gasteiger partial charge in [0.15, 0.2) is 0 Å². The highest BCUT2D eigenvalue weighted by atomic mass is 32.2. The molecule has 1 fully saturated rings. The Balaban J connectivity index is 0.000000360. The van der Waals surface area contributed by atoms with Crippen LogP contribution in [-0.4, -0.2) is 45.5 Å². The summed E-state index contributed by atoms with van der Waals surface area (Å²) in [5.41, 5.74) is 4.08. The highest BCUT2D eigenvalue weighted by Crippen LogP contribution is 2.38. The Bertz CT molecular complexity index is 768. The van der Waals surface area contributed by atoms with Gasteiger partial charge in [-0.2, -0.15) is 13.2 Å². The van der Waals surface area contributed by atoms with Crippen molar-refractivity contribution in [1.29, 1.82) is 0 Å². The zero-order chi connectivity index (χ0) is 21.5. The lowest BCUT2D eigenvalue weighted by Gasteiger charge is -2.33. The van der Waals surface area contributed by atoms with Gasteiger partial charge < -0.3 is 10.6 Å². The number of alkyl halides is 3. The third-order valence-corrected chi connectivity index (χ3v) is 5.49. The minimum atomic E-state index is -4.57. The molecule has 2 aromatic heterocycles. The molecule has 0 radical (unpaired) electrons. The van der Waals surface area contributed by atoms with Gasteiger partial charge >= 0.3 is 6.18 Å². The van der Waals surface area contributed by atoms with Crippen LogP contribution in [-0.2, 0) is 17.0 Å². The van der Waals surface area contributed by atoms with Crippen LogP contribution >= 0.6 is 11.3 Å². The van der Waals surface area contributed by atoms with Crippen LogP contribution in [0.2, 0.25) is 0 Å². The molecule has 0 aromatic carbocycles. The molecule has 1 unspecified atom stereocenters. The average molecular weight is 437 g/mol. The van der Waals surface area contributed by atoms with Crippen LogP contribution in [0.1, 0.15) is 32.8 Å². The summed E-state index contributed by atoms with van der Waals surface area (Å²) >= 11 is 1.03. The summed E-state index contributed by atoms with van der Waals surface area (Å²) in [5, 5.41) is 1.53. The number of rotatable bonds is 2. The molecule has 10 heteroatoms. The highest BCUT2D eigenvalue weighted by Gasteiger charge is 2.35. The molecule has 0 aliphatic carbocycles. The summed E-state index contributed by atoms with van der Waals surface area (Å²) < 4.78 is 49.8. The SMILES string of the molecule is CC1CN(C)C1.CCC.CS(=O)c1csc(-c2nc(N)ncc2C(F)(F)F)c1. The van der Waals surface area contributed by atoms with Gasteiger partial charge in [0.05, 0.1) is 21.4 Å². The molecular weight excluding hydrogens is 409 g/mol. The number of hydrogen-bond donors (Lipinski definition) is 1. The highest BCUT2D eigenvalue weighted by molar-refractivity contribution is 7.84. The van der Waals surface area contributed by atoms with Crippen molar-refractivity contribution in [2.24, 2.45) is 5.92 Å². The number of nitrogens with zero attached hydrogens (tertiary/aromatic N) is 3. The molecule has 3 heterocycles. The average Bonchev–Trinajstić information content (AvgIpc) is 3.04. The van der Waals surface area contributed by atoms with E-state index < -0.39 is 22.5 Å². The van der Waals surface area contributed by atoms with Crippen LogP contribution < -0.4 is 5.73 Å². The minimum absolute atomic E-state index is 0.240. The molecule has 2 aromatic rings. The van der Waals surface area contributed by atoms with E-state index in [1.807, 2.05) is 0 Å². The lowest BCUT2D eigenvalue weighted by Crippen LogP contribution is -2.41. The fraction of sp³-hybridized carbons (Fsp3) is 0.556. The van der Waals surface area contributed by atoms with Crippen LogP contribution in [0.5, 0.6) is 0 Å². The molecule has 1 atom stereocenters. The number of likely N-dealkylation sites (tertiary alicyclic amines) is 1. The van der Waals surface area contributed by atoms with E-state index in [0.717, 1.165) is 17.3 Å². The first-order chi connectivity index (χ1) is 13.0. The fourth-order valence-corrected chi connectivity index (χ4v) is 4.21. The molecule has 0 saturated carbocycles. The van der Waals surface area contributed by atoms with Gasteiger partial charge in [0.2, 0.25) is 5.95 Å². The van der Waals surface area contributed by atoms with E-state index in [0.29, 0.717) is 11.1 Å². The predicted molar refractivity (Wildman–Crippen MR) is 110 cm³/mol. The van der Waals surface area contributed by atoms with Gasteiger partial charge in [-0.25, -0.2) is 9.97 Å². The molecule has 2 N–H and O–H groups in total. The molecule has 0 bridgehead atoms. The van der Waals surface area contributed by atoms with Crippen LogP contribution in [0.15, 0.2) is 22.5 Å². The monoisotopic (exact) mass is 436 g/mol. The zero-order valence-electron chi connectivity index (χ0n) is 16.7. The maximum atomic E-state index is 12.9. The molecule has 0 amide bonds. The van der Waals surface area contributed by atoms with Gasteiger partial charge in [-0.05, 0) is 19.0 Å². The summed E-state index contributed by atoms with van der Waals surface area (Å²) in [5.74, 6) is 0.727. The van der Waals surface area contributed by atoms with E-state index in [4.69, 9.17) is 5.73 Å². The topological polar surface area (TPSA) is 72.1 Å².